The summed E-state index contributed by atoms with van der Waals surface area (Å²) in [5.74, 6) is -0.874. The minimum Gasteiger partial charge on any atom is -0.465 e. The number of amides is 1. The zero-order valence-electron chi connectivity index (χ0n) is 16.4. The monoisotopic (exact) mass is 424 g/mol. The van der Waals surface area contributed by atoms with Crippen LogP contribution >= 0.6 is 0 Å². The van der Waals surface area contributed by atoms with Gasteiger partial charge in [-0.05, 0) is 61.0 Å². The third-order valence-electron chi connectivity index (χ3n) is 4.44. The average Bonchev–Trinajstić information content (AvgIpc) is 2.75. The summed E-state index contributed by atoms with van der Waals surface area (Å²) < 4.78 is 32.4. The summed E-state index contributed by atoms with van der Waals surface area (Å²) in [4.78, 5) is 24.3. The number of anilines is 2. The molecule has 154 valence electrons. The number of nitrogens with one attached hydrogen (secondary N) is 2. The standard InChI is InChI=1S/C22H20N2O5S/c1-15-19(21(25)23-17-13-11-16(12-14-17)22(26)29-2)9-6-10-20(15)24-30(27,28)18-7-4-3-5-8-18/h3-14,24H,1-2H3,(H,23,25). The van der Waals surface area contributed by atoms with Gasteiger partial charge >= 0.3 is 5.97 Å². The Balaban J connectivity index is 1.80. The maximum atomic E-state index is 12.7. The fourth-order valence-corrected chi connectivity index (χ4v) is 3.95. The van der Waals surface area contributed by atoms with Crippen molar-refractivity contribution in [3.63, 3.8) is 0 Å². The van der Waals surface area contributed by atoms with E-state index in [0.29, 0.717) is 28.1 Å². The molecule has 0 atom stereocenters. The highest BCUT2D eigenvalue weighted by Gasteiger charge is 2.18. The zero-order valence-corrected chi connectivity index (χ0v) is 17.2. The number of ether oxygens (including phenoxy) is 1. The van der Waals surface area contributed by atoms with Crippen LogP contribution in [0.15, 0.2) is 77.7 Å². The van der Waals surface area contributed by atoms with E-state index in [9.17, 15) is 18.0 Å². The molecule has 30 heavy (non-hydrogen) atoms. The van der Waals surface area contributed by atoms with Gasteiger partial charge in [-0.2, -0.15) is 0 Å². The van der Waals surface area contributed by atoms with E-state index in [2.05, 4.69) is 14.8 Å². The van der Waals surface area contributed by atoms with Gasteiger partial charge in [-0.1, -0.05) is 24.3 Å². The van der Waals surface area contributed by atoms with Gasteiger partial charge in [-0.25, -0.2) is 13.2 Å². The predicted octanol–water partition coefficient (Wildman–Crippen LogP) is 3.83. The summed E-state index contributed by atoms with van der Waals surface area (Å²) in [6.07, 6.45) is 0. The van der Waals surface area contributed by atoms with Crippen molar-refractivity contribution in [2.45, 2.75) is 11.8 Å². The lowest BCUT2D eigenvalue weighted by Crippen LogP contribution is -2.17. The Morgan fingerprint density at radius 3 is 2.17 bits per heavy atom. The van der Waals surface area contributed by atoms with E-state index in [1.807, 2.05) is 0 Å². The molecule has 3 rings (SSSR count). The normalized spacial score (nSPS) is 10.9. The lowest BCUT2D eigenvalue weighted by atomic mass is 10.1. The maximum Gasteiger partial charge on any atom is 0.337 e. The van der Waals surface area contributed by atoms with Crippen molar-refractivity contribution in [1.82, 2.24) is 0 Å². The minimum absolute atomic E-state index is 0.130. The van der Waals surface area contributed by atoms with Crippen LogP contribution in [0, 0.1) is 6.92 Å². The molecule has 0 aliphatic heterocycles. The van der Waals surface area contributed by atoms with Gasteiger partial charge in [0.15, 0.2) is 0 Å². The van der Waals surface area contributed by atoms with Crippen LogP contribution in [0.2, 0.25) is 0 Å². The molecule has 2 N–H and O–H groups in total. The summed E-state index contributed by atoms with van der Waals surface area (Å²) in [6, 6.07) is 19.0. The van der Waals surface area contributed by atoms with E-state index in [4.69, 9.17) is 0 Å². The average molecular weight is 424 g/mol. The van der Waals surface area contributed by atoms with Crippen molar-refractivity contribution in [2.24, 2.45) is 0 Å². The van der Waals surface area contributed by atoms with Gasteiger partial charge in [0.05, 0.1) is 23.3 Å². The van der Waals surface area contributed by atoms with Crippen LogP contribution in [0.25, 0.3) is 0 Å². The Morgan fingerprint density at radius 2 is 1.53 bits per heavy atom. The molecule has 8 heteroatoms. The van der Waals surface area contributed by atoms with Crippen molar-refractivity contribution in [3.8, 4) is 0 Å². The highest BCUT2D eigenvalue weighted by atomic mass is 32.2. The number of hydrogen-bond donors (Lipinski definition) is 2. The minimum atomic E-state index is -3.78. The topological polar surface area (TPSA) is 102 Å². The number of esters is 1. The van der Waals surface area contributed by atoms with Crippen LogP contribution in [0.5, 0.6) is 0 Å². The second kappa shape index (κ2) is 8.79. The summed E-state index contributed by atoms with van der Waals surface area (Å²) in [6.45, 7) is 1.66. The van der Waals surface area contributed by atoms with Crippen molar-refractivity contribution in [3.05, 3.63) is 89.5 Å². The van der Waals surface area contributed by atoms with Gasteiger partial charge in [0.2, 0.25) is 0 Å². The molecule has 0 heterocycles. The van der Waals surface area contributed by atoms with Crippen molar-refractivity contribution in [2.75, 3.05) is 17.1 Å². The molecule has 0 aliphatic rings. The number of rotatable bonds is 6. The summed E-state index contributed by atoms with van der Waals surface area (Å²) in [5.41, 5.74) is 1.97. The second-order valence-electron chi connectivity index (χ2n) is 6.42. The van der Waals surface area contributed by atoms with Crippen molar-refractivity contribution >= 4 is 33.3 Å². The maximum absolute atomic E-state index is 12.7. The van der Waals surface area contributed by atoms with Crippen LogP contribution in [0.3, 0.4) is 0 Å². The molecule has 3 aromatic rings. The fourth-order valence-electron chi connectivity index (χ4n) is 2.80. The number of benzene rings is 3. The number of methoxy groups -OCH3 is 1. The van der Waals surface area contributed by atoms with Gasteiger partial charge in [0.25, 0.3) is 15.9 Å². The molecule has 0 saturated heterocycles. The molecule has 0 aromatic heterocycles. The van der Waals surface area contributed by atoms with Crippen LogP contribution in [-0.2, 0) is 14.8 Å². The third-order valence-corrected chi connectivity index (χ3v) is 5.82. The molecule has 0 spiro atoms. The smallest absolute Gasteiger partial charge is 0.337 e. The number of carbonyl (C=O) groups is 2. The number of hydrogen-bond acceptors (Lipinski definition) is 5. The molecule has 1 amide bonds. The lowest BCUT2D eigenvalue weighted by molar-refractivity contribution is 0.0600. The predicted molar refractivity (Wildman–Crippen MR) is 114 cm³/mol. The number of sulfonamides is 1. The molecule has 0 bridgehead atoms. The fraction of sp³-hybridized carbons (Fsp3) is 0.0909. The van der Waals surface area contributed by atoms with Crippen LogP contribution in [0.4, 0.5) is 11.4 Å². The van der Waals surface area contributed by atoms with Gasteiger partial charge in [-0.15, -0.1) is 0 Å². The molecule has 0 radical (unpaired) electrons. The SMILES string of the molecule is COC(=O)c1ccc(NC(=O)c2cccc(NS(=O)(=O)c3ccccc3)c2C)cc1. The van der Waals surface area contributed by atoms with Gasteiger partial charge in [0, 0.05) is 11.3 Å². The molecular weight excluding hydrogens is 404 g/mol. The van der Waals surface area contributed by atoms with Crippen LogP contribution < -0.4 is 10.0 Å². The molecular formula is C22H20N2O5S. The van der Waals surface area contributed by atoms with Gasteiger partial charge in [0.1, 0.15) is 0 Å². The Morgan fingerprint density at radius 1 is 0.867 bits per heavy atom. The van der Waals surface area contributed by atoms with Gasteiger partial charge in [-0.3, -0.25) is 9.52 Å². The highest BCUT2D eigenvalue weighted by Crippen LogP contribution is 2.23. The Kier molecular flexibility index (Phi) is 6.17. The largest absolute Gasteiger partial charge is 0.465 e. The van der Waals surface area contributed by atoms with E-state index in [0.717, 1.165) is 0 Å². The van der Waals surface area contributed by atoms with E-state index in [-0.39, 0.29) is 4.90 Å². The van der Waals surface area contributed by atoms with E-state index < -0.39 is 21.9 Å². The van der Waals surface area contributed by atoms with Crippen LogP contribution in [-0.4, -0.2) is 27.4 Å². The molecule has 3 aromatic carbocycles. The Labute approximate surface area is 174 Å². The van der Waals surface area contributed by atoms with Crippen molar-refractivity contribution < 1.29 is 22.7 Å². The van der Waals surface area contributed by atoms with Crippen LogP contribution in [0.1, 0.15) is 26.3 Å². The summed E-state index contributed by atoms with van der Waals surface area (Å²) in [5, 5.41) is 2.74. The van der Waals surface area contributed by atoms with E-state index >= 15 is 0 Å². The Hall–Kier alpha value is -3.65. The first-order valence-corrected chi connectivity index (χ1v) is 10.5. The van der Waals surface area contributed by atoms with Crippen molar-refractivity contribution in [1.29, 1.82) is 0 Å². The zero-order chi connectivity index (χ0) is 21.7. The first-order valence-electron chi connectivity index (χ1n) is 8.99. The third kappa shape index (κ3) is 4.66. The quantitative estimate of drug-likeness (QED) is 0.586. The summed E-state index contributed by atoms with van der Waals surface area (Å²) >= 11 is 0. The van der Waals surface area contributed by atoms with Gasteiger partial charge < -0.3 is 10.1 Å². The molecule has 7 nitrogen and oxygen atoms in total. The molecule has 0 unspecified atom stereocenters. The molecule has 0 saturated carbocycles. The second-order valence-corrected chi connectivity index (χ2v) is 8.10. The first-order chi connectivity index (χ1) is 14.3. The number of carbonyl (C=O) groups excluding carboxylic acids is 2. The van der Waals surface area contributed by atoms with E-state index in [1.54, 1.807) is 67.6 Å². The molecule has 0 fully saturated rings. The lowest BCUT2D eigenvalue weighted by Gasteiger charge is -2.14. The molecule has 0 aliphatic carbocycles. The highest BCUT2D eigenvalue weighted by molar-refractivity contribution is 7.92. The first kappa shape index (κ1) is 21.1. The Bertz CT molecular complexity index is 1170. The summed E-state index contributed by atoms with van der Waals surface area (Å²) in [7, 11) is -2.49. The van der Waals surface area contributed by atoms with E-state index in [1.165, 1.54) is 19.2 Å².